The molecule has 1 heterocycles. The van der Waals surface area contributed by atoms with E-state index in [4.69, 9.17) is 24.4 Å². The molecule has 0 saturated carbocycles. The van der Waals surface area contributed by atoms with Crippen LogP contribution in [0.5, 0.6) is 0 Å². The number of thiocarbonyl (C=S) groups is 2. The van der Waals surface area contributed by atoms with Crippen molar-refractivity contribution < 1.29 is 29.6 Å². The van der Waals surface area contributed by atoms with Gasteiger partial charge in [-0.1, -0.05) is 12.2 Å². The van der Waals surface area contributed by atoms with Crippen LogP contribution in [-0.4, -0.2) is 40.5 Å². The van der Waals surface area contributed by atoms with Crippen molar-refractivity contribution in [2.45, 2.75) is 0 Å². The molecule has 1 saturated heterocycles. The van der Waals surface area contributed by atoms with Gasteiger partial charge in [0.1, 0.15) is 4.32 Å². The predicted molar refractivity (Wildman–Crippen MR) is 61.8 cm³/mol. The molecule has 0 bridgehead atoms. The summed E-state index contributed by atoms with van der Waals surface area (Å²) in [6.45, 7) is 3.61. The number of rotatable bonds is 3. The third-order valence-corrected chi connectivity index (χ3v) is 2.31. The summed E-state index contributed by atoms with van der Waals surface area (Å²) in [5, 5.41) is 6.88. The molecule has 1 aliphatic rings. The maximum absolute atomic E-state index is 5.05. The van der Waals surface area contributed by atoms with Gasteiger partial charge in [0.25, 0.3) is 0 Å². The van der Waals surface area contributed by atoms with Crippen LogP contribution >= 0.6 is 37.1 Å². The molecule has 0 aromatic carbocycles. The first-order valence-electron chi connectivity index (χ1n) is 3.70. The number of nitrogens with one attached hydrogen (secondary N) is 2. The summed E-state index contributed by atoms with van der Waals surface area (Å²) in [4.78, 5) is 2.11. The Hall–Kier alpha value is 0.930. The second-order valence-electron chi connectivity index (χ2n) is 2.45. The van der Waals surface area contributed by atoms with Gasteiger partial charge in [-0.3, -0.25) is 0 Å². The molecular weight excluding hydrogens is 233 g/mol. The Morgan fingerprint density at radius 1 is 1.69 bits per heavy atom. The molecule has 7 heteroatoms. The normalized spacial score (nSPS) is 14.8. The fourth-order valence-electron chi connectivity index (χ4n) is 1.02. The average Bonchev–Trinajstić information content (AvgIpc) is 2.36. The zero-order valence-electron chi connectivity index (χ0n) is 7.54. The van der Waals surface area contributed by atoms with Crippen LogP contribution in [0.2, 0.25) is 0 Å². The molecule has 0 aromatic rings. The topological polar surface area (TPSA) is 27.3 Å². The molecule has 1 fully saturated rings. The molecular formula is C6H11N3NaS3+. The maximum Gasteiger partial charge on any atom is 1.00 e. The first-order chi connectivity index (χ1) is 5.70. The summed E-state index contributed by atoms with van der Waals surface area (Å²) in [5.74, 6) is 0. The van der Waals surface area contributed by atoms with Crippen LogP contribution in [0.4, 0.5) is 0 Å². The molecule has 1 aliphatic heterocycles. The van der Waals surface area contributed by atoms with Crippen LogP contribution in [-0.2, 0) is 0 Å². The molecule has 0 amide bonds. The Labute approximate surface area is 117 Å². The predicted octanol–water partition coefficient (Wildman–Crippen LogP) is -3.02. The minimum atomic E-state index is 0. The van der Waals surface area contributed by atoms with Gasteiger partial charge in [-0.05, 0) is 12.2 Å². The molecule has 2 N–H and O–H groups in total. The standard InChI is InChI=1S/C6H11N3S3.Na/c10-5-7-1-3-9(5)4-2-8-6(11)12;/h1-4H2,(H,7,10)(H2,8,11,12);/q;+1. The molecule has 0 radical (unpaired) electrons. The van der Waals surface area contributed by atoms with E-state index < -0.39 is 0 Å². The Balaban J connectivity index is 0.00000144. The van der Waals surface area contributed by atoms with Gasteiger partial charge in [-0.2, -0.15) is 0 Å². The quantitative estimate of drug-likeness (QED) is 0.279. The van der Waals surface area contributed by atoms with Crippen molar-refractivity contribution in [2.24, 2.45) is 0 Å². The third kappa shape index (κ3) is 5.39. The molecule has 0 spiro atoms. The van der Waals surface area contributed by atoms with Gasteiger partial charge in [-0.15, -0.1) is 12.6 Å². The van der Waals surface area contributed by atoms with Crippen molar-refractivity contribution in [1.82, 2.24) is 15.5 Å². The van der Waals surface area contributed by atoms with E-state index in [2.05, 4.69) is 28.2 Å². The SMILES string of the molecule is S=C(S)NCCN1CCNC1=S.[Na+]. The second kappa shape index (κ2) is 7.25. The summed E-state index contributed by atoms with van der Waals surface area (Å²) in [7, 11) is 0. The van der Waals surface area contributed by atoms with E-state index in [1.807, 2.05) is 0 Å². The van der Waals surface area contributed by atoms with Crippen LogP contribution in [0.25, 0.3) is 0 Å². The molecule has 0 unspecified atom stereocenters. The summed E-state index contributed by atoms with van der Waals surface area (Å²) < 4.78 is 0.535. The molecule has 1 rings (SSSR count). The smallest absolute Gasteiger partial charge is 0.369 e. The molecule has 0 aliphatic carbocycles. The van der Waals surface area contributed by atoms with Crippen LogP contribution in [0.15, 0.2) is 0 Å². The summed E-state index contributed by atoms with van der Waals surface area (Å²) >= 11 is 13.8. The second-order valence-corrected chi connectivity index (χ2v) is 4.00. The average molecular weight is 244 g/mol. The number of thiol groups is 1. The van der Waals surface area contributed by atoms with Crippen LogP contribution < -0.4 is 40.2 Å². The summed E-state index contributed by atoms with van der Waals surface area (Å²) in [5.41, 5.74) is 0. The van der Waals surface area contributed by atoms with Gasteiger partial charge in [0.2, 0.25) is 0 Å². The van der Waals surface area contributed by atoms with Crippen molar-refractivity contribution in [3.05, 3.63) is 0 Å². The molecule has 3 nitrogen and oxygen atoms in total. The van der Waals surface area contributed by atoms with Crippen molar-refractivity contribution in [3.63, 3.8) is 0 Å². The van der Waals surface area contributed by atoms with Crippen molar-refractivity contribution >= 4 is 46.5 Å². The van der Waals surface area contributed by atoms with E-state index in [0.29, 0.717) is 4.32 Å². The van der Waals surface area contributed by atoms with Gasteiger partial charge in [-0.25, -0.2) is 0 Å². The number of nitrogens with zero attached hydrogens (tertiary/aromatic N) is 1. The van der Waals surface area contributed by atoms with E-state index in [1.165, 1.54) is 0 Å². The summed E-state index contributed by atoms with van der Waals surface area (Å²) in [6, 6.07) is 0. The Morgan fingerprint density at radius 3 is 2.85 bits per heavy atom. The van der Waals surface area contributed by atoms with Crippen molar-refractivity contribution in [1.29, 1.82) is 0 Å². The van der Waals surface area contributed by atoms with Crippen LogP contribution in [0, 0.1) is 0 Å². The van der Waals surface area contributed by atoms with E-state index >= 15 is 0 Å². The van der Waals surface area contributed by atoms with Crippen LogP contribution in [0.1, 0.15) is 0 Å². The van der Waals surface area contributed by atoms with E-state index in [-0.39, 0.29) is 29.6 Å². The maximum atomic E-state index is 5.05. The largest absolute Gasteiger partial charge is 1.00 e. The molecule has 0 atom stereocenters. The third-order valence-electron chi connectivity index (χ3n) is 1.60. The molecule has 0 aromatic heterocycles. The molecule has 13 heavy (non-hydrogen) atoms. The summed E-state index contributed by atoms with van der Waals surface area (Å²) in [6.07, 6.45) is 0. The van der Waals surface area contributed by atoms with Crippen molar-refractivity contribution in [3.8, 4) is 0 Å². The van der Waals surface area contributed by atoms with Gasteiger partial charge >= 0.3 is 29.6 Å². The number of hydrogen-bond donors (Lipinski definition) is 3. The Bertz CT molecular complexity index is 200. The van der Waals surface area contributed by atoms with Gasteiger partial charge in [0.05, 0.1) is 0 Å². The van der Waals surface area contributed by atoms with E-state index in [0.717, 1.165) is 31.3 Å². The fourth-order valence-corrected chi connectivity index (χ4v) is 1.52. The fraction of sp³-hybridized carbons (Fsp3) is 0.667. The Kier molecular flexibility index (Phi) is 7.77. The number of hydrogen-bond acceptors (Lipinski definition) is 2. The monoisotopic (exact) mass is 244 g/mol. The van der Waals surface area contributed by atoms with Crippen molar-refractivity contribution in [2.75, 3.05) is 26.2 Å². The van der Waals surface area contributed by atoms with E-state index in [1.54, 1.807) is 0 Å². The minimum absolute atomic E-state index is 0. The molecule has 68 valence electrons. The first kappa shape index (κ1) is 13.9. The van der Waals surface area contributed by atoms with Gasteiger partial charge in [0.15, 0.2) is 5.11 Å². The minimum Gasteiger partial charge on any atom is -0.369 e. The first-order valence-corrected chi connectivity index (χ1v) is 4.96. The zero-order chi connectivity index (χ0) is 8.97. The zero-order valence-corrected chi connectivity index (χ0v) is 12.1. The Morgan fingerprint density at radius 2 is 2.38 bits per heavy atom. The van der Waals surface area contributed by atoms with E-state index in [9.17, 15) is 0 Å². The van der Waals surface area contributed by atoms with Gasteiger partial charge < -0.3 is 15.5 Å². The van der Waals surface area contributed by atoms with Gasteiger partial charge in [0, 0.05) is 26.2 Å². The van der Waals surface area contributed by atoms with Crippen LogP contribution in [0.3, 0.4) is 0 Å².